The monoisotopic (exact) mass is 340 g/mol. The molecule has 0 bridgehead atoms. The van der Waals surface area contributed by atoms with Crippen LogP contribution in [0.15, 0.2) is 36.7 Å². The first-order valence-corrected chi connectivity index (χ1v) is 9.19. The van der Waals surface area contributed by atoms with Gasteiger partial charge in [-0.1, -0.05) is 24.3 Å². The lowest BCUT2D eigenvalue weighted by atomic mass is 9.83. The van der Waals surface area contributed by atoms with E-state index in [-0.39, 0.29) is 11.9 Å². The number of fused-ring (bicyclic) bond motifs is 1. The summed E-state index contributed by atoms with van der Waals surface area (Å²) in [6.45, 7) is 5.93. The molecule has 2 N–H and O–H groups in total. The zero-order valence-electron chi connectivity index (χ0n) is 15.2. The van der Waals surface area contributed by atoms with E-state index in [1.807, 2.05) is 24.0 Å². The predicted molar refractivity (Wildman–Crippen MR) is 99.6 cm³/mol. The molecule has 0 unspecified atom stereocenters. The molecule has 1 aromatic heterocycles. The summed E-state index contributed by atoms with van der Waals surface area (Å²) in [7, 11) is 0. The van der Waals surface area contributed by atoms with Crippen molar-refractivity contribution >= 4 is 5.91 Å². The lowest BCUT2D eigenvalue weighted by Crippen LogP contribution is -2.41. The van der Waals surface area contributed by atoms with E-state index in [0.717, 1.165) is 31.5 Å². The van der Waals surface area contributed by atoms with Gasteiger partial charge in [-0.25, -0.2) is 0 Å². The van der Waals surface area contributed by atoms with Crippen LogP contribution in [0.3, 0.4) is 0 Å². The van der Waals surface area contributed by atoms with Crippen LogP contribution >= 0.6 is 0 Å². The third-order valence-electron chi connectivity index (χ3n) is 4.87. The Bertz CT molecular complexity index is 709. The zero-order chi connectivity index (χ0) is 17.6. The SMILES string of the molecule is Cc1cnn(C[C@H](C)NCC(=O)NC[C@H]2CCCc3ccccc32)c1. The van der Waals surface area contributed by atoms with E-state index < -0.39 is 0 Å². The van der Waals surface area contributed by atoms with E-state index in [0.29, 0.717) is 12.5 Å². The van der Waals surface area contributed by atoms with Gasteiger partial charge in [-0.15, -0.1) is 0 Å². The summed E-state index contributed by atoms with van der Waals surface area (Å²) >= 11 is 0. The van der Waals surface area contributed by atoms with Crippen molar-refractivity contribution in [3.8, 4) is 0 Å². The van der Waals surface area contributed by atoms with E-state index in [1.54, 1.807) is 0 Å². The molecule has 5 nitrogen and oxygen atoms in total. The number of hydrogen-bond acceptors (Lipinski definition) is 3. The molecule has 0 saturated heterocycles. The Labute approximate surface area is 149 Å². The molecule has 1 aromatic carbocycles. The summed E-state index contributed by atoms with van der Waals surface area (Å²) in [6.07, 6.45) is 7.38. The first-order chi connectivity index (χ1) is 12.1. The predicted octanol–water partition coefficient (Wildman–Crippen LogP) is 2.41. The van der Waals surface area contributed by atoms with E-state index >= 15 is 0 Å². The van der Waals surface area contributed by atoms with Gasteiger partial charge in [0, 0.05) is 24.7 Å². The van der Waals surface area contributed by atoms with E-state index in [2.05, 4.69) is 46.9 Å². The molecular formula is C20H28N4O. The number of carbonyl (C=O) groups is 1. The second-order valence-electron chi connectivity index (χ2n) is 7.11. The molecule has 1 amide bonds. The Kier molecular flexibility index (Phi) is 5.87. The summed E-state index contributed by atoms with van der Waals surface area (Å²) in [6, 6.07) is 8.81. The lowest BCUT2D eigenvalue weighted by Gasteiger charge is -2.25. The highest BCUT2D eigenvalue weighted by Crippen LogP contribution is 2.30. The molecule has 0 fully saturated rings. The molecule has 0 aliphatic heterocycles. The molecule has 1 aliphatic carbocycles. The van der Waals surface area contributed by atoms with Gasteiger partial charge in [0.1, 0.15) is 0 Å². The minimum Gasteiger partial charge on any atom is -0.354 e. The van der Waals surface area contributed by atoms with E-state index in [4.69, 9.17) is 0 Å². The van der Waals surface area contributed by atoms with Gasteiger partial charge in [0.15, 0.2) is 0 Å². The van der Waals surface area contributed by atoms with E-state index in [1.165, 1.54) is 17.5 Å². The van der Waals surface area contributed by atoms with Crippen LogP contribution in [0.4, 0.5) is 0 Å². The Balaban J connectivity index is 1.41. The lowest BCUT2D eigenvalue weighted by molar-refractivity contribution is -0.120. The van der Waals surface area contributed by atoms with Crippen LogP contribution in [-0.4, -0.2) is 34.8 Å². The number of nitrogens with zero attached hydrogens (tertiary/aromatic N) is 2. The molecule has 25 heavy (non-hydrogen) atoms. The number of rotatable bonds is 7. The van der Waals surface area contributed by atoms with Gasteiger partial charge in [0.25, 0.3) is 0 Å². The van der Waals surface area contributed by atoms with Crippen LogP contribution in [0.5, 0.6) is 0 Å². The molecule has 2 atom stereocenters. The van der Waals surface area contributed by atoms with Crippen molar-refractivity contribution < 1.29 is 4.79 Å². The standard InChI is InChI=1S/C20H28N4O/c1-15-10-23-24(13-15)14-16(2)21-12-20(25)22-11-18-8-5-7-17-6-3-4-9-19(17)18/h3-4,6,9-10,13,16,18,21H,5,7-8,11-12,14H2,1-2H3,(H,22,25)/t16-,18+/m0/s1. The third-order valence-corrected chi connectivity index (χ3v) is 4.87. The summed E-state index contributed by atoms with van der Waals surface area (Å²) in [5.41, 5.74) is 4.00. The van der Waals surface area contributed by atoms with Crippen molar-refractivity contribution in [2.24, 2.45) is 0 Å². The molecule has 0 saturated carbocycles. The van der Waals surface area contributed by atoms with Gasteiger partial charge in [-0.3, -0.25) is 9.48 Å². The number of carbonyl (C=O) groups excluding carboxylic acids is 1. The second-order valence-corrected chi connectivity index (χ2v) is 7.11. The molecule has 2 aromatic rings. The van der Waals surface area contributed by atoms with E-state index in [9.17, 15) is 4.79 Å². The van der Waals surface area contributed by atoms with Crippen molar-refractivity contribution in [1.82, 2.24) is 20.4 Å². The van der Waals surface area contributed by atoms with Crippen molar-refractivity contribution in [1.29, 1.82) is 0 Å². The van der Waals surface area contributed by atoms with Crippen LogP contribution in [-0.2, 0) is 17.8 Å². The summed E-state index contributed by atoms with van der Waals surface area (Å²) in [5.74, 6) is 0.505. The topological polar surface area (TPSA) is 59.0 Å². The fourth-order valence-electron chi connectivity index (χ4n) is 3.54. The molecule has 5 heteroatoms. The highest BCUT2D eigenvalue weighted by Gasteiger charge is 2.20. The second kappa shape index (κ2) is 8.30. The maximum absolute atomic E-state index is 12.2. The smallest absolute Gasteiger partial charge is 0.233 e. The quantitative estimate of drug-likeness (QED) is 0.814. The van der Waals surface area contributed by atoms with Crippen LogP contribution < -0.4 is 10.6 Å². The van der Waals surface area contributed by atoms with Gasteiger partial charge in [0.2, 0.25) is 5.91 Å². The maximum Gasteiger partial charge on any atom is 0.233 e. The highest BCUT2D eigenvalue weighted by molar-refractivity contribution is 5.78. The molecule has 3 rings (SSSR count). The van der Waals surface area contributed by atoms with Gasteiger partial charge < -0.3 is 10.6 Å². The number of amides is 1. The Hall–Kier alpha value is -2.14. The van der Waals surface area contributed by atoms with Crippen molar-refractivity contribution in [2.45, 2.75) is 51.6 Å². The first kappa shape index (κ1) is 17.7. The minimum absolute atomic E-state index is 0.0616. The van der Waals surface area contributed by atoms with Crippen LogP contribution in [0.1, 0.15) is 42.4 Å². The molecule has 0 spiro atoms. The number of aryl methyl sites for hydroxylation is 2. The van der Waals surface area contributed by atoms with Gasteiger partial charge in [-0.05, 0) is 49.8 Å². The number of aromatic nitrogens is 2. The fraction of sp³-hybridized carbons (Fsp3) is 0.500. The zero-order valence-corrected chi connectivity index (χ0v) is 15.2. The Morgan fingerprint density at radius 3 is 3.04 bits per heavy atom. The van der Waals surface area contributed by atoms with Gasteiger partial charge in [0.05, 0.1) is 19.3 Å². The minimum atomic E-state index is 0.0616. The molecular weight excluding hydrogens is 312 g/mol. The number of nitrogens with one attached hydrogen (secondary N) is 2. The molecule has 0 radical (unpaired) electrons. The Morgan fingerprint density at radius 1 is 1.40 bits per heavy atom. The maximum atomic E-state index is 12.2. The average Bonchev–Trinajstić information content (AvgIpc) is 3.02. The number of benzene rings is 1. The summed E-state index contributed by atoms with van der Waals surface area (Å²) < 4.78 is 1.91. The normalized spacial score (nSPS) is 17.8. The number of hydrogen-bond donors (Lipinski definition) is 2. The Morgan fingerprint density at radius 2 is 2.24 bits per heavy atom. The first-order valence-electron chi connectivity index (χ1n) is 9.19. The highest BCUT2D eigenvalue weighted by atomic mass is 16.1. The van der Waals surface area contributed by atoms with Gasteiger partial charge >= 0.3 is 0 Å². The molecule has 1 heterocycles. The summed E-state index contributed by atoms with van der Waals surface area (Å²) in [4.78, 5) is 12.2. The summed E-state index contributed by atoms with van der Waals surface area (Å²) in [5, 5.41) is 10.6. The third kappa shape index (κ3) is 4.92. The molecule has 1 aliphatic rings. The van der Waals surface area contributed by atoms with Crippen molar-refractivity contribution in [3.63, 3.8) is 0 Å². The van der Waals surface area contributed by atoms with Gasteiger partial charge in [-0.2, -0.15) is 5.10 Å². The van der Waals surface area contributed by atoms with Crippen molar-refractivity contribution in [3.05, 3.63) is 53.3 Å². The largest absolute Gasteiger partial charge is 0.354 e. The van der Waals surface area contributed by atoms with Crippen LogP contribution in [0.2, 0.25) is 0 Å². The van der Waals surface area contributed by atoms with Crippen molar-refractivity contribution in [2.75, 3.05) is 13.1 Å². The fourth-order valence-corrected chi connectivity index (χ4v) is 3.54. The van der Waals surface area contributed by atoms with Crippen LogP contribution in [0, 0.1) is 6.92 Å². The van der Waals surface area contributed by atoms with Crippen LogP contribution in [0.25, 0.3) is 0 Å². The molecule has 134 valence electrons. The average molecular weight is 340 g/mol.